The molecule has 112 valence electrons. The zero-order chi connectivity index (χ0) is 15.8. The maximum atomic E-state index is 11.1. The first kappa shape index (κ1) is 13.8. The van der Waals surface area contributed by atoms with Gasteiger partial charge in [-0.1, -0.05) is 54.6 Å². The first-order chi connectivity index (χ1) is 11.2. The van der Waals surface area contributed by atoms with E-state index in [0.717, 1.165) is 24.0 Å². The van der Waals surface area contributed by atoms with Crippen molar-refractivity contribution in [2.24, 2.45) is 0 Å². The number of hydrogen-bond donors (Lipinski definition) is 1. The molecule has 0 atom stereocenters. The van der Waals surface area contributed by atoms with E-state index in [1.165, 1.54) is 22.3 Å². The number of carboxylic acids is 1. The van der Waals surface area contributed by atoms with Gasteiger partial charge < -0.3 is 5.11 Å². The molecule has 3 aromatic carbocycles. The number of fused-ring (bicyclic) bond motifs is 3. The van der Waals surface area contributed by atoms with Crippen LogP contribution in [0.5, 0.6) is 0 Å². The average Bonchev–Trinajstić information content (AvgIpc) is 2.61. The third-order valence-electron chi connectivity index (χ3n) is 4.52. The molecule has 0 bridgehead atoms. The van der Waals surface area contributed by atoms with E-state index < -0.39 is 5.97 Å². The quantitative estimate of drug-likeness (QED) is 0.737. The Hall–Kier alpha value is -2.87. The van der Waals surface area contributed by atoms with Crippen LogP contribution in [0.25, 0.3) is 22.3 Å². The molecule has 0 saturated heterocycles. The van der Waals surface area contributed by atoms with Crippen molar-refractivity contribution in [2.45, 2.75) is 12.8 Å². The summed E-state index contributed by atoms with van der Waals surface area (Å²) in [6.07, 6.45) is 1.84. The number of aryl methyl sites for hydroxylation is 2. The molecule has 2 heteroatoms. The van der Waals surface area contributed by atoms with E-state index in [0.29, 0.717) is 5.56 Å². The molecule has 1 aliphatic rings. The van der Waals surface area contributed by atoms with E-state index in [-0.39, 0.29) is 0 Å². The van der Waals surface area contributed by atoms with Crippen LogP contribution in [0.1, 0.15) is 21.5 Å². The van der Waals surface area contributed by atoms with Crippen molar-refractivity contribution in [1.82, 2.24) is 0 Å². The molecule has 0 aliphatic heterocycles. The number of hydrogen-bond acceptors (Lipinski definition) is 1. The first-order valence-corrected chi connectivity index (χ1v) is 7.77. The minimum Gasteiger partial charge on any atom is -0.478 e. The fourth-order valence-electron chi connectivity index (χ4n) is 3.34. The fourth-order valence-corrected chi connectivity index (χ4v) is 3.34. The predicted octanol–water partition coefficient (Wildman–Crippen LogP) is 4.82. The second-order valence-electron chi connectivity index (χ2n) is 5.92. The highest BCUT2D eigenvalue weighted by molar-refractivity contribution is 5.89. The Morgan fingerprint density at radius 1 is 0.739 bits per heavy atom. The van der Waals surface area contributed by atoms with Gasteiger partial charge in [0, 0.05) is 0 Å². The lowest BCUT2D eigenvalue weighted by atomic mass is 9.83. The highest BCUT2D eigenvalue weighted by atomic mass is 16.4. The zero-order valence-electron chi connectivity index (χ0n) is 12.6. The van der Waals surface area contributed by atoms with Crippen molar-refractivity contribution in [1.29, 1.82) is 0 Å². The van der Waals surface area contributed by atoms with E-state index in [2.05, 4.69) is 42.5 Å². The molecule has 3 aromatic rings. The van der Waals surface area contributed by atoms with Gasteiger partial charge in [-0.05, 0) is 58.4 Å². The number of aromatic carboxylic acids is 1. The molecule has 0 saturated carbocycles. The summed E-state index contributed by atoms with van der Waals surface area (Å²) in [7, 11) is 0. The van der Waals surface area contributed by atoms with Gasteiger partial charge in [-0.25, -0.2) is 4.79 Å². The van der Waals surface area contributed by atoms with Gasteiger partial charge in [0.25, 0.3) is 0 Å². The van der Waals surface area contributed by atoms with E-state index in [4.69, 9.17) is 5.11 Å². The Morgan fingerprint density at radius 2 is 1.39 bits per heavy atom. The molecule has 0 fully saturated rings. The van der Waals surface area contributed by atoms with E-state index >= 15 is 0 Å². The molecule has 23 heavy (non-hydrogen) atoms. The van der Waals surface area contributed by atoms with Crippen molar-refractivity contribution in [3.05, 3.63) is 83.4 Å². The summed E-state index contributed by atoms with van der Waals surface area (Å²) in [5.74, 6) is -0.863. The van der Waals surface area contributed by atoms with Crippen LogP contribution < -0.4 is 0 Å². The molecule has 0 aromatic heterocycles. The van der Waals surface area contributed by atoms with Gasteiger partial charge in [0.05, 0.1) is 5.56 Å². The van der Waals surface area contributed by atoms with E-state index in [1.54, 1.807) is 6.07 Å². The molecule has 1 aliphatic carbocycles. The predicted molar refractivity (Wildman–Crippen MR) is 91.7 cm³/mol. The smallest absolute Gasteiger partial charge is 0.335 e. The summed E-state index contributed by atoms with van der Waals surface area (Å²) in [5, 5.41) is 9.14. The molecule has 0 unspecified atom stereocenters. The summed E-state index contributed by atoms with van der Waals surface area (Å²) in [6.45, 7) is 0. The summed E-state index contributed by atoms with van der Waals surface area (Å²) >= 11 is 0. The lowest BCUT2D eigenvalue weighted by molar-refractivity contribution is 0.0697. The van der Waals surface area contributed by atoms with Crippen LogP contribution in [-0.4, -0.2) is 11.1 Å². The summed E-state index contributed by atoms with van der Waals surface area (Å²) in [6, 6.07) is 22.4. The van der Waals surface area contributed by atoms with Gasteiger partial charge in [-0.3, -0.25) is 0 Å². The maximum absolute atomic E-state index is 11.1. The van der Waals surface area contributed by atoms with Crippen molar-refractivity contribution in [3.8, 4) is 22.3 Å². The SMILES string of the molecule is O=C(O)c1ccc2c(c1)CCc1cc(-c3ccccc3)ccc1-2. The van der Waals surface area contributed by atoms with Gasteiger partial charge in [-0.2, -0.15) is 0 Å². The second kappa shape index (κ2) is 5.40. The minimum absolute atomic E-state index is 0.369. The average molecular weight is 300 g/mol. The lowest BCUT2D eigenvalue weighted by Crippen LogP contribution is -2.06. The monoisotopic (exact) mass is 300 g/mol. The van der Waals surface area contributed by atoms with Crippen molar-refractivity contribution < 1.29 is 9.90 Å². The van der Waals surface area contributed by atoms with Crippen molar-refractivity contribution in [3.63, 3.8) is 0 Å². The Bertz CT molecular complexity index is 895. The minimum atomic E-state index is -0.863. The molecule has 0 amide bonds. The number of rotatable bonds is 2. The number of benzene rings is 3. The third kappa shape index (κ3) is 2.42. The first-order valence-electron chi connectivity index (χ1n) is 7.77. The molecule has 0 radical (unpaired) electrons. The Balaban J connectivity index is 1.79. The Labute approximate surface area is 135 Å². The molecular formula is C21H16O2. The van der Waals surface area contributed by atoms with Gasteiger partial charge in [-0.15, -0.1) is 0 Å². The van der Waals surface area contributed by atoms with Crippen LogP contribution in [-0.2, 0) is 12.8 Å². The lowest BCUT2D eigenvalue weighted by Gasteiger charge is -2.21. The molecule has 0 spiro atoms. The molecular weight excluding hydrogens is 284 g/mol. The van der Waals surface area contributed by atoms with Crippen LogP contribution in [0.2, 0.25) is 0 Å². The standard InChI is InChI=1S/C21H16O2/c22-21(23)18-9-11-20-17(13-18)7-6-16-12-15(8-10-19(16)20)14-4-2-1-3-5-14/h1-5,8-13H,6-7H2,(H,22,23). The maximum Gasteiger partial charge on any atom is 0.335 e. The highest BCUT2D eigenvalue weighted by Gasteiger charge is 2.18. The molecule has 1 N–H and O–H groups in total. The van der Waals surface area contributed by atoms with Crippen LogP contribution >= 0.6 is 0 Å². The Morgan fingerprint density at radius 3 is 2.09 bits per heavy atom. The van der Waals surface area contributed by atoms with Crippen LogP contribution in [0.4, 0.5) is 0 Å². The second-order valence-corrected chi connectivity index (χ2v) is 5.92. The molecule has 0 heterocycles. The van der Waals surface area contributed by atoms with Gasteiger partial charge in [0.1, 0.15) is 0 Å². The topological polar surface area (TPSA) is 37.3 Å². The third-order valence-corrected chi connectivity index (χ3v) is 4.52. The summed E-state index contributed by atoms with van der Waals surface area (Å²) in [4.78, 5) is 11.1. The van der Waals surface area contributed by atoms with Crippen molar-refractivity contribution >= 4 is 5.97 Å². The zero-order valence-corrected chi connectivity index (χ0v) is 12.6. The number of carbonyl (C=O) groups is 1. The van der Waals surface area contributed by atoms with Gasteiger partial charge in [0.2, 0.25) is 0 Å². The number of carboxylic acid groups (broad SMARTS) is 1. The highest BCUT2D eigenvalue weighted by Crippen LogP contribution is 2.36. The van der Waals surface area contributed by atoms with Gasteiger partial charge in [0.15, 0.2) is 0 Å². The molecule has 2 nitrogen and oxygen atoms in total. The summed E-state index contributed by atoms with van der Waals surface area (Å²) < 4.78 is 0. The van der Waals surface area contributed by atoms with Crippen LogP contribution in [0.15, 0.2) is 66.7 Å². The van der Waals surface area contributed by atoms with E-state index in [9.17, 15) is 4.79 Å². The van der Waals surface area contributed by atoms with Crippen LogP contribution in [0.3, 0.4) is 0 Å². The molecule has 4 rings (SSSR count). The normalized spacial score (nSPS) is 12.3. The van der Waals surface area contributed by atoms with Gasteiger partial charge >= 0.3 is 5.97 Å². The largest absolute Gasteiger partial charge is 0.478 e. The van der Waals surface area contributed by atoms with Crippen LogP contribution in [0, 0.1) is 0 Å². The van der Waals surface area contributed by atoms with Crippen molar-refractivity contribution in [2.75, 3.05) is 0 Å². The Kier molecular flexibility index (Phi) is 3.23. The summed E-state index contributed by atoms with van der Waals surface area (Å²) in [5.41, 5.74) is 7.68. The van der Waals surface area contributed by atoms with E-state index in [1.807, 2.05) is 18.2 Å². The fraction of sp³-hybridized carbons (Fsp3) is 0.0952.